The molecule has 0 aliphatic carbocycles. The van der Waals surface area contributed by atoms with Crippen molar-refractivity contribution in [2.45, 2.75) is 45.8 Å². The fourth-order valence-corrected chi connectivity index (χ4v) is 2.39. The topological polar surface area (TPSA) is 44.2 Å². The van der Waals surface area contributed by atoms with Crippen molar-refractivity contribution >= 4 is 12.7 Å². The zero-order valence-corrected chi connectivity index (χ0v) is 13.8. The molecule has 1 fully saturated rings. The normalized spacial score (nSPS) is 19.4. The van der Waals surface area contributed by atoms with Gasteiger partial charge in [-0.05, 0) is 52.8 Å². The van der Waals surface area contributed by atoms with E-state index in [0.717, 1.165) is 11.3 Å². The number of nitrogens with zero attached hydrogens (tertiary/aromatic N) is 2. The molecule has 0 atom stereocenters. The second-order valence-corrected chi connectivity index (χ2v) is 6.80. The summed E-state index contributed by atoms with van der Waals surface area (Å²) in [6, 6.07) is 12.1. The molecule has 0 N–H and O–H groups in total. The molecule has 0 radical (unpaired) electrons. The first-order chi connectivity index (χ1) is 10.3. The van der Waals surface area contributed by atoms with E-state index < -0.39 is 7.12 Å². The lowest BCUT2D eigenvalue weighted by Gasteiger charge is -2.32. The van der Waals surface area contributed by atoms with Crippen molar-refractivity contribution in [2.24, 2.45) is 0 Å². The molecule has 0 unspecified atom stereocenters. The highest BCUT2D eigenvalue weighted by atomic mass is 16.7. The van der Waals surface area contributed by atoms with Crippen LogP contribution in [0.1, 0.15) is 33.3 Å². The summed E-state index contributed by atoms with van der Waals surface area (Å²) in [4.78, 5) is 0. The van der Waals surface area contributed by atoms with Crippen LogP contribution in [-0.4, -0.2) is 28.5 Å². The fraction of sp³-hybridized carbons (Fsp3) is 0.412. The first kappa shape index (κ1) is 15.2. The summed E-state index contributed by atoms with van der Waals surface area (Å²) in [7, 11) is -0.468. The molecule has 0 spiro atoms. The van der Waals surface area contributed by atoms with Gasteiger partial charge in [0.2, 0.25) is 0 Å². The van der Waals surface area contributed by atoms with E-state index in [1.807, 2.05) is 52.0 Å². The van der Waals surface area contributed by atoms with Crippen molar-refractivity contribution in [1.29, 1.82) is 0 Å². The third-order valence-electron chi connectivity index (χ3n) is 4.49. The maximum absolute atomic E-state index is 5.99. The van der Waals surface area contributed by atoms with Gasteiger partial charge in [-0.2, -0.15) is 10.2 Å². The van der Waals surface area contributed by atoms with E-state index in [4.69, 9.17) is 9.31 Å². The Balaban J connectivity index is 1.84. The summed E-state index contributed by atoms with van der Waals surface area (Å²) >= 11 is 0. The first-order valence-corrected chi connectivity index (χ1v) is 7.55. The predicted molar refractivity (Wildman–Crippen MR) is 87.9 cm³/mol. The molecule has 1 aliphatic rings. The van der Waals surface area contributed by atoms with E-state index in [9.17, 15) is 0 Å². The number of aryl methyl sites for hydroxylation is 1. The molecule has 1 aromatic heterocycles. The molecular formula is C17H21BN2O2. The number of hydrogen-bond donors (Lipinski definition) is 0. The summed E-state index contributed by atoms with van der Waals surface area (Å²) in [5.41, 5.74) is 3.09. The largest absolute Gasteiger partial charge is 0.516 e. The SMILES string of the molecule is Cc1cccc(-c2ccc(B3OC(C)(C)C(C)(C)O3)nn2)c1. The van der Waals surface area contributed by atoms with Crippen LogP contribution in [0.5, 0.6) is 0 Å². The average Bonchev–Trinajstić information content (AvgIpc) is 2.68. The summed E-state index contributed by atoms with van der Waals surface area (Å²) < 4.78 is 12.0. The Kier molecular flexibility index (Phi) is 3.58. The minimum atomic E-state index is -0.468. The van der Waals surface area contributed by atoms with Crippen molar-refractivity contribution in [3.63, 3.8) is 0 Å². The molecule has 1 aliphatic heterocycles. The third kappa shape index (κ3) is 2.66. The van der Waals surface area contributed by atoms with Gasteiger partial charge in [-0.25, -0.2) is 0 Å². The van der Waals surface area contributed by atoms with Gasteiger partial charge in [-0.1, -0.05) is 23.8 Å². The Labute approximate surface area is 132 Å². The van der Waals surface area contributed by atoms with Gasteiger partial charge in [0.15, 0.2) is 0 Å². The van der Waals surface area contributed by atoms with Crippen LogP contribution >= 0.6 is 0 Å². The monoisotopic (exact) mass is 296 g/mol. The van der Waals surface area contributed by atoms with E-state index in [1.54, 1.807) is 0 Å². The summed E-state index contributed by atoms with van der Waals surface area (Å²) in [5.74, 6) is 0. The van der Waals surface area contributed by atoms with E-state index in [2.05, 4.69) is 29.3 Å². The number of rotatable bonds is 2. The van der Waals surface area contributed by atoms with Crippen LogP contribution in [-0.2, 0) is 9.31 Å². The van der Waals surface area contributed by atoms with Crippen molar-refractivity contribution in [3.8, 4) is 11.3 Å². The van der Waals surface area contributed by atoms with E-state index >= 15 is 0 Å². The van der Waals surface area contributed by atoms with E-state index in [1.165, 1.54) is 5.56 Å². The molecule has 0 saturated carbocycles. The second kappa shape index (κ2) is 5.18. The highest BCUT2D eigenvalue weighted by Gasteiger charge is 2.52. The van der Waals surface area contributed by atoms with Gasteiger partial charge >= 0.3 is 7.12 Å². The Morgan fingerprint density at radius 2 is 1.59 bits per heavy atom. The molecule has 0 bridgehead atoms. The Hall–Kier alpha value is -1.72. The number of aromatic nitrogens is 2. The first-order valence-electron chi connectivity index (χ1n) is 7.55. The minimum absolute atomic E-state index is 0.367. The van der Waals surface area contributed by atoms with Gasteiger partial charge in [0.05, 0.1) is 22.5 Å². The molecule has 22 heavy (non-hydrogen) atoms. The lowest BCUT2D eigenvalue weighted by molar-refractivity contribution is 0.00578. The maximum atomic E-state index is 5.99. The molecule has 2 heterocycles. The Morgan fingerprint density at radius 1 is 0.909 bits per heavy atom. The summed E-state index contributed by atoms with van der Waals surface area (Å²) in [5, 5.41) is 8.62. The van der Waals surface area contributed by atoms with Crippen LogP contribution < -0.4 is 5.59 Å². The molecule has 2 aromatic rings. The van der Waals surface area contributed by atoms with Crippen LogP contribution in [0.15, 0.2) is 36.4 Å². The van der Waals surface area contributed by atoms with Crippen LogP contribution in [0.3, 0.4) is 0 Å². The smallest absolute Gasteiger partial charge is 0.398 e. The van der Waals surface area contributed by atoms with Gasteiger partial charge in [-0.3, -0.25) is 0 Å². The van der Waals surface area contributed by atoms with E-state index in [0.29, 0.717) is 5.59 Å². The van der Waals surface area contributed by atoms with Crippen LogP contribution in [0.2, 0.25) is 0 Å². The Bertz CT molecular complexity index is 667. The molecule has 3 rings (SSSR count). The summed E-state index contributed by atoms with van der Waals surface area (Å²) in [6.45, 7) is 10.2. The lowest BCUT2D eigenvalue weighted by Crippen LogP contribution is -2.41. The quantitative estimate of drug-likeness (QED) is 0.799. The highest BCUT2D eigenvalue weighted by molar-refractivity contribution is 6.61. The Morgan fingerprint density at radius 3 is 2.14 bits per heavy atom. The van der Waals surface area contributed by atoms with Crippen molar-refractivity contribution in [3.05, 3.63) is 42.0 Å². The van der Waals surface area contributed by atoms with E-state index in [-0.39, 0.29) is 11.2 Å². The van der Waals surface area contributed by atoms with Gasteiger partial charge in [0, 0.05) is 5.56 Å². The lowest BCUT2D eigenvalue weighted by atomic mass is 9.84. The standard InChI is InChI=1S/C17H21BN2O2/c1-12-7-6-8-13(11-12)14-9-10-15(20-19-14)18-21-16(2,3)17(4,5)22-18/h6-11H,1-5H3. The third-order valence-corrected chi connectivity index (χ3v) is 4.49. The molecule has 1 aromatic carbocycles. The molecule has 4 nitrogen and oxygen atoms in total. The predicted octanol–water partition coefficient (Wildman–Crippen LogP) is 2.75. The molecular weight excluding hydrogens is 275 g/mol. The van der Waals surface area contributed by atoms with Gasteiger partial charge in [0.1, 0.15) is 0 Å². The second-order valence-electron chi connectivity index (χ2n) is 6.80. The summed E-state index contributed by atoms with van der Waals surface area (Å²) in [6.07, 6.45) is 0. The number of benzene rings is 1. The van der Waals surface area contributed by atoms with Crippen LogP contribution in [0.4, 0.5) is 0 Å². The number of hydrogen-bond acceptors (Lipinski definition) is 4. The zero-order chi connectivity index (χ0) is 16.0. The zero-order valence-electron chi connectivity index (χ0n) is 13.8. The van der Waals surface area contributed by atoms with Gasteiger partial charge in [0.25, 0.3) is 0 Å². The molecule has 1 saturated heterocycles. The highest BCUT2D eigenvalue weighted by Crippen LogP contribution is 2.36. The van der Waals surface area contributed by atoms with Gasteiger partial charge in [-0.15, -0.1) is 0 Å². The van der Waals surface area contributed by atoms with Crippen LogP contribution in [0, 0.1) is 6.92 Å². The fourth-order valence-electron chi connectivity index (χ4n) is 2.39. The van der Waals surface area contributed by atoms with Gasteiger partial charge < -0.3 is 9.31 Å². The molecule has 114 valence electrons. The van der Waals surface area contributed by atoms with Crippen LogP contribution in [0.25, 0.3) is 11.3 Å². The van der Waals surface area contributed by atoms with Crippen molar-refractivity contribution < 1.29 is 9.31 Å². The average molecular weight is 296 g/mol. The maximum Gasteiger partial charge on any atom is 0.516 e. The minimum Gasteiger partial charge on any atom is -0.398 e. The molecule has 5 heteroatoms. The molecule has 0 amide bonds. The van der Waals surface area contributed by atoms with Crippen molar-refractivity contribution in [1.82, 2.24) is 10.2 Å². The van der Waals surface area contributed by atoms with Crippen molar-refractivity contribution in [2.75, 3.05) is 0 Å².